The van der Waals surface area contributed by atoms with Crippen LogP contribution in [0.15, 0.2) is 66.7 Å². The van der Waals surface area contributed by atoms with E-state index in [-0.39, 0.29) is 35.0 Å². The number of ether oxygens (including phenoxy) is 2. The van der Waals surface area contributed by atoms with Gasteiger partial charge in [0.15, 0.2) is 17.0 Å². The summed E-state index contributed by atoms with van der Waals surface area (Å²) in [6.45, 7) is 1.93. The van der Waals surface area contributed by atoms with Crippen LogP contribution in [0, 0.1) is 0 Å². The number of thiophene rings is 1. The quantitative estimate of drug-likeness (QED) is 0.152. The number of benzene rings is 2. The monoisotopic (exact) mass is 634 g/mol. The van der Waals surface area contributed by atoms with Gasteiger partial charge in [0.1, 0.15) is 10.8 Å². The van der Waals surface area contributed by atoms with Gasteiger partial charge in [0.2, 0.25) is 0 Å². The average molecular weight is 635 g/mol. The van der Waals surface area contributed by atoms with Crippen LogP contribution in [-0.2, 0) is 23.8 Å². The molecule has 2 aromatic carbocycles. The summed E-state index contributed by atoms with van der Waals surface area (Å²) in [5.74, 6) is -1.91. The Hall–Kier alpha value is -5.04. The van der Waals surface area contributed by atoms with Crippen LogP contribution in [0.1, 0.15) is 67.1 Å². The molecule has 1 aliphatic carbocycles. The Labute approximate surface area is 258 Å². The molecule has 1 amide bonds. The number of aryl methyl sites for hydroxylation is 1. The van der Waals surface area contributed by atoms with Crippen LogP contribution in [0.3, 0.4) is 0 Å². The Bertz CT molecular complexity index is 1920. The number of aromatic nitrogens is 3. The van der Waals surface area contributed by atoms with Gasteiger partial charge in [-0.1, -0.05) is 30.3 Å². The smallest absolute Gasteiger partial charge is 0.433 e. The molecule has 0 aliphatic heterocycles. The van der Waals surface area contributed by atoms with Gasteiger partial charge in [-0.3, -0.25) is 4.79 Å². The lowest BCUT2D eigenvalue weighted by Crippen LogP contribution is -2.16. The predicted octanol–water partition coefficient (Wildman–Crippen LogP) is 7.00. The third-order valence-electron chi connectivity index (χ3n) is 7.20. The van der Waals surface area contributed by atoms with Crippen LogP contribution in [0.5, 0.6) is 5.75 Å². The number of carbonyl (C=O) groups excluding carboxylic acids is 3. The molecular weight excluding hydrogens is 609 g/mol. The molecule has 0 atom stereocenters. The lowest BCUT2D eigenvalue weighted by Gasteiger charge is -2.12. The number of halogens is 3. The molecule has 13 heteroatoms. The summed E-state index contributed by atoms with van der Waals surface area (Å²) in [5.41, 5.74) is 0.421. The highest BCUT2D eigenvalue weighted by molar-refractivity contribution is 7.17. The first-order chi connectivity index (χ1) is 21.6. The molecule has 3 aromatic heterocycles. The fourth-order valence-electron chi connectivity index (χ4n) is 5.12. The number of hydrogen-bond acceptors (Lipinski definition) is 8. The van der Waals surface area contributed by atoms with E-state index in [1.54, 1.807) is 37.3 Å². The summed E-state index contributed by atoms with van der Waals surface area (Å²) in [6, 6.07) is 15.9. The van der Waals surface area contributed by atoms with E-state index in [1.165, 1.54) is 35.6 Å². The Kier molecular flexibility index (Phi) is 8.11. The van der Waals surface area contributed by atoms with Crippen molar-refractivity contribution in [3.05, 3.63) is 99.7 Å². The Balaban J connectivity index is 1.20. The molecule has 1 aliphatic rings. The van der Waals surface area contributed by atoms with Crippen molar-refractivity contribution in [2.75, 3.05) is 11.9 Å². The lowest BCUT2D eigenvalue weighted by atomic mass is 9.95. The molecule has 0 unspecified atom stereocenters. The van der Waals surface area contributed by atoms with Crippen LogP contribution in [0.25, 0.3) is 16.9 Å². The van der Waals surface area contributed by atoms with Crippen molar-refractivity contribution in [2.45, 2.75) is 38.8 Å². The number of amides is 1. The molecule has 0 spiro atoms. The van der Waals surface area contributed by atoms with Crippen molar-refractivity contribution in [3.63, 3.8) is 0 Å². The number of rotatable bonds is 7. The SMILES string of the molecule is CCOC(=O)c1c(NC(=O)c2ccc(OC(=O)c3cc4nc(-c5ccccc5)cc(C(F)(F)F)n4n3)cc2)sc2c1CCCC2. The second kappa shape index (κ2) is 12.2. The molecule has 6 rings (SSSR count). The number of anilines is 1. The summed E-state index contributed by atoms with van der Waals surface area (Å²) < 4.78 is 52.9. The van der Waals surface area contributed by atoms with Crippen molar-refractivity contribution in [2.24, 2.45) is 0 Å². The number of hydrogen-bond donors (Lipinski definition) is 1. The van der Waals surface area contributed by atoms with Gasteiger partial charge < -0.3 is 14.8 Å². The summed E-state index contributed by atoms with van der Waals surface area (Å²) >= 11 is 1.37. The van der Waals surface area contributed by atoms with E-state index in [2.05, 4.69) is 15.4 Å². The minimum Gasteiger partial charge on any atom is -0.462 e. The molecule has 3 heterocycles. The molecule has 0 radical (unpaired) electrons. The van der Waals surface area contributed by atoms with E-state index in [0.29, 0.717) is 20.6 Å². The zero-order chi connectivity index (χ0) is 31.7. The first-order valence-corrected chi connectivity index (χ1v) is 14.9. The van der Waals surface area contributed by atoms with Gasteiger partial charge in [0, 0.05) is 22.1 Å². The predicted molar refractivity (Wildman–Crippen MR) is 160 cm³/mol. The van der Waals surface area contributed by atoms with Crippen LogP contribution in [-0.4, -0.2) is 39.1 Å². The molecule has 230 valence electrons. The van der Waals surface area contributed by atoms with Gasteiger partial charge in [-0.15, -0.1) is 11.3 Å². The van der Waals surface area contributed by atoms with E-state index in [0.717, 1.165) is 48.3 Å². The Morgan fingerprint density at radius 1 is 0.978 bits per heavy atom. The highest BCUT2D eigenvalue weighted by atomic mass is 32.1. The number of esters is 2. The van der Waals surface area contributed by atoms with Crippen LogP contribution < -0.4 is 10.1 Å². The van der Waals surface area contributed by atoms with Crippen molar-refractivity contribution in [1.82, 2.24) is 14.6 Å². The maximum atomic E-state index is 13.9. The van der Waals surface area contributed by atoms with E-state index >= 15 is 0 Å². The zero-order valence-electron chi connectivity index (χ0n) is 23.8. The van der Waals surface area contributed by atoms with Gasteiger partial charge in [0.05, 0.1) is 17.9 Å². The third kappa shape index (κ3) is 6.16. The van der Waals surface area contributed by atoms with Crippen molar-refractivity contribution in [3.8, 4) is 17.0 Å². The van der Waals surface area contributed by atoms with Crippen molar-refractivity contribution < 1.29 is 37.0 Å². The Morgan fingerprint density at radius 2 is 1.71 bits per heavy atom. The first-order valence-electron chi connectivity index (χ1n) is 14.1. The topological polar surface area (TPSA) is 112 Å². The highest BCUT2D eigenvalue weighted by Gasteiger charge is 2.36. The lowest BCUT2D eigenvalue weighted by molar-refractivity contribution is -0.142. The summed E-state index contributed by atoms with van der Waals surface area (Å²) in [4.78, 5) is 44.0. The first kappa shape index (κ1) is 30.0. The maximum Gasteiger partial charge on any atom is 0.433 e. The summed E-state index contributed by atoms with van der Waals surface area (Å²) in [6.07, 6.45) is -1.24. The fourth-order valence-corrected chi connectivity index (χ4v) is 6.39. The molecule has 45 heavy (non-hydrogen) atoms. The summed E-state index contributed by atoms with van der Waals surface area (Å²) in [7, 11) is 0. The molecule has 1 N–H and O–H groups in total. The van der Waals surface area contributed by atoms with Crippen LogP contribution >= 0.6 is 11.3 Å². The van der Waals surface area contributed by atoms with E-state index < -0.39 is 29.7 Å². The Morgan fingerprint density at radius 3 is 2.42 bits per heavy atom. The number of nitrogens with zero attached hydrogens (tertiary/aromatic N) is 3. The standard InChI is InChI=1S/C32H25F3N4O5S/c1-2-43-31(42)27-21-10-6-7-11-24(21)45-29(27)37-28(40)19-12-14-20(15-13-19)44-30(41)23-17-26-36-22(18-8-4-3-5-9-18)16-25(32(33,34)35)39(26)38-23/h3-5,8-9,12-17H,2,6-7,10-11H2,1H3,(H,37,40). The second-order valence-corrected chi connectivity index (χ2v) is 11.3. The average Bonchev–Trinajstić information content (AvgIpc) is 3.62. The van der Waals surface area contributed by atoms with Gasteiger partial charge >= 0.3 is 18.1 Å². The van der Waals surface area contributed by atoms with Gasteiger partial charge in [-0.05, 0) is 68.5 Å². The molecule has 5 aromatic rings. The largest absolute Gasteiger partial charge is 0.462 e. The number of fused-ring (bicyclic) bond motifs is 2. The van der Waals surface area contributed by atoms with E-state index in [9.17, 15) is 27.6 Å². The van der Waals surface area contributed by atoms with Crippen molar-refractivity contribution in [1.29, 1.82) is 0 Å². The van der Waals surface area contributed by atoms with Crippen LogP contribution in [0.2, 0.25) is 0 Å². The highest BCUT2D eigenvalue weighted by Crippen LogP contribution is 2.39. The molecule has 9 nitrogen and oxygen atoms in total. The fraction of sp³-hybridized carbons (Fsp3) is 0.219. The summed E-state index contributed by atoms with van der Waals surface area (Å²) in [5, 5.41) is 7.07. The number of alkyl halides is 3. The molecule has 0 bridgehead atoms. The zero-order valence-corrected chi connectivity index (χ0v) is 24.6. The maximum absolute atomic E-state index is 13.9. The molecule has 0 saturated heterocycles. The molecule has 0 saturated carbocycles. The molecular formula is C32H25F3N4O5S. The number of nitrogens with one attached hydrogen (secondary N) is 1. The van der Waals surface area contributed by atoms with Crippen molar-refractivity contribution >= 4 is 39.8 Å². The molecule has 0 fully saturated rings. The van der Waals surface area contributed by atoms with E-state index in [1.807, 2.05) is 0 Å². The van der Waals surface area contributed by atoms with Gasteiger partial charge in [-0.2, -0.15) is 18.3 Å². The number of carbonyl (C=O) groups is 3. The normalized spacial score (nSPS) is 12.9. The van der Waals surface area contributed by atoms with Crippen LogP contribution in [0.4, 0.5) is 18.2 Å². The third-order valence-corrected chi connectivity index (χ3v) is 8.41. The second-order valence-electron chi connectivity index (χ2n) is 10.2. The van der Waals surface area contributed by atoms with Gasteiger partial charge in [-0.25, -0.2) is 19.1 Å². The minimum absolute atomic E-state index is 0.0429. The minimum atomic E-state index is -4.77. The van der Waals surface area contributed by atoms with Gasteiger partial charge in [0.25, 0.3) is 5.91 Å². The van der Waals surface area contributed by atoms with E-state index in [4.69, 9.17) is 9.47 Å².